The minimum Gasteiger partial charge on any atom is -0.497 e. The summed E-state index contributed by atoms with van der Waals surface area (Å²) in [4.78, 5) is 15.4. The lowest BCUT2D eigenvalue weighted by Crippen LogP contribution is -2.40. The van der Waals surface area contributed by atoms with Crippen molar-refractivity contribution in [3.8, 4) is 11.5 Å². The van der Waals surface area contributed by atoms with Gasteiger partial charge in [-0.05, 0) is 64.6 Å². The number of hydrogen-bond acceptors (Lipinski definition) is 9. The number of methoxy groups -OCH3 is 2. The lowest BCUT2D eigenvalue weighted by Gasteiger charge is -2.38. The smallest absolute Gasteiger partial charge is 0.228 e. The van der Waals surface area contributed by atoms with Gasteiger partial charge in [-0.15, -0.1) is 0 Å². The second-order valence-corrected chi connectivity index (χ2v) is 15.4. The van der Waals surface area contributed by atoms with Crippen molar-refractivity contribution < 1.29 is 23.7 Å². The Balaban J connectivity index is 1.34. The normalized spacial score (nSPS) is 17.7. The van der Waals surface area contributed by atoms with Crippen molar-refractivity contribution in [3.63, 3.8) is 0 Å². The molecule has 9 rings (SSSR count). The molecule has 3 N–H and O–H groups in total. The number of halogens is 1. The number of hydrogen-bond donors (Lipinski definition) is 3. The van der Waals surface area contributed by atoms with Crippen LogP contribution in [-0.2, 0) is 15.8 Å². The molecule has 1 aliphatic rings. The summed E-state index contributed by atoms with van der Waals surface area (Å²) in [6, 6.07) is 56.1. The number of aliphatic hydroxyl groups is 1. The van der Waals surface area contributed by atoms with Crippen LogP contribution in [0.2, 0.25) is 0 Å². The number of nitrogens with zero attached hydrogens (tertiary/aromatic N) is 4. The van der Waals surface area contributed by atoms with Crippen LogP contribution in [0.4, 0.5) is 16.2 Å². The number of nitrogens with one attached hydrogen (secondary N) is 2. The van der Waals surface area contributed by atoms with Gasteiger partial charge in [0.05, 0.1) is 14.2 Å². The Kier molecular flexibility index (Phi) is 10.4. The molecule has 1 fully saturated rings. The van der Waals surface area contributed by atoms with E-state index in [-0.39, 0.29) is 17.4 Å². The van der Waals surface area contributed by atoms with Crippen LogP contribution in [0.15, 0.2) is 189 Å². The third-order valence-electron chi connectivity index (χ3n) is 11.7. The third-order valence-corrected chi connectivity index (χ3v) is 11.7. The molecule has 11 heteroatoms. The average Bonchev–Trinajstić information content (AvgIpc) is 3.84. The molecule has 10 nitrogen and oxygen atoms in total. The fourth-order valence-corrected chi connectivity index (χ4v) is 8.55. The van der Waals surface area contributed by atoms with Crippen molar-refractivity contribution in [3.05, 3.63) is 222 Å². The van der Waals surface area contributed by atoms with Crippen LogP contribution in [0, 0.1) is 0 Å². The minimum atomic E-state index is -2.28. The number of rotatable bonds is 13. The Labute approximate surface area is 359 Å². The Bertz CT molecular complexity index is 2730. The van der Waals surface area contributed by atoms with Gasteiger partial charge in [-0.2, -0.15) is 9.97 Å². The van der Waals surface area contributed by atoms with Gasteiger partial charge in [0.2, 0.25) is 12.2 Å². The predicted octanol–water partition coefficient (Wildman–Crippen LogP) is 9.78. The molecule has 3 atom stereocenters. The van der Waals surface area contributed by atoms with Crippen molar-refractivity contribution >= 4 is 22.9 Å². The fraction of sp³-hybridized carbons (Fsp3) is 0.157. The van der Waals surface area contributed by atoms with Gasteiger partial charge in [-0.25, -0.2) is 9.37 Å². The van der Waals surface area contributed by atoms with Crippen LogP contribution in [0.5, 0.6) is 11.5 Å². The van der Waals surface area contributed by atoms with Crippen LogP contribution in [0.1, 0.15) is 46.5 Å². The highest BCUT2D eigenvalue weighted by Crippen LogP contribution is 2.47. The average molecular weight is 825 g/mol. The monoisotopic (exact) mass is 824 g/mol. The molecule has 0 saturated carbocycles. The summed E-state index contributed by atoms with van der Waals surface area (Å²) >= 11 is 0. The number of alkyl halides is 1. The number of ether oxygens (including phenoxy) is 3. The third kappa shape index (κ3) is 6.76. The van der Waals surface area contributed by atoms with E-state index in [1.807, 2.05) is 121 Å². The molecule has 6 aromatic carbocycles. The molecule has 2 aromatic heterocycles. The first-order chi connectivity index (χ1) is 30.2. The fourth-order valence-electron chi connectivity index (χ4n) is 8.55. The highest BCUT2D eigenvalue weighted by Gasteiger charge is 2.53. The first-order valence-electron chi connectivity index (χ1n) is 20.2. The van der Waals surface area contributed by atoms with Crippen molar-refractivity contribution in [1.29, 1.82) is 0 Å². The van der Waals surface area contributed by atoms with E-state index < -0.39 is 29.1 Å². The highest BCUT2D eigenvalue weighted by atomic mass is 19.1. The first kappa shape index (κ1) is 39.9. The van der Waals surface area contributed by atoms with Crippen molar-refractivity contribution in [2.24, 2.45) is 0 Å². The van der Waals surface area contributed by atoms with E-state index in [9.17, 15) is 5.11 Å². The molecule has 0 spiro atoms. The summed E-state index contributed by atoms with van der Waals surface area (Å²) in [7, 11) is 3.27. The summed E-state index contributed by atoms with van der Waals surface area (Å²) in [5.74, 6) is 1.83. The van der Waals surface area contributed by atoms with Gasteiger partial charge in [-0.1, -0.05) is 152 Å². The van der Waals surface area contributed by atoms with E-state index in [0.29, 0.717) is 22.8 Å². The summed E-state index contributed by atoms with van der Waals surface area (Å²) in [6.07, 6.45) is -1.47. The van der Waals surface area contributed by atoms with E-state index in [2.05, 4.69) is 65.7 Å². The standard InChI is InChI=1S/C51H45FN6O4/c1-34-44(59)49(2,52)47(62-34)58-33-53-43-45(56-50(35-17-9-5-10-18-35,36-19-11-6-12-20-36)39-25-29-41(60-3)30-26-39)54-48(55-46(43)58)57-51(37-21-13-7-14-22-37,38-23-15-8-16-24-38)40-27-31-42(61-4)32-28-40/h5-33,44,47,59H,1H2,2-4H3,(H2,54,55,56,57)/t44-,47-,49-/m1/s1. The Morgan fingerprint density at radius 2 is 1.03 bits per heavy atom. The van der Waals surface area contributed by atoms with Gasteiger partial charge < -0.3 is 30.0 Å². The van der Waals surface area contributed by atoms with Gasteiger partial charge in [0, 0.05) is 0 Å². The largest absolute Gasteiger partial charge is 0.497 e. The van der Waals surface area contributed by atoms with Gasteiger partial charge in [0.1, 0.15) is 40.8 Å². The van der Waals surface area contributed by atoms with Gasteiger partial charge in [-0.3, -0.25) is 4.57 Å². The van der Waals surface area contributed by atoms with Gasteiger partial charge >= 0.3 is 0 Å². The summed E-state index contributed by atoms with van der Waals surface area (Å²) in [5.41, 5.74) is 1.52. The van der Waals surface area contributed by atoms with Crippen LogP contribution >= 0.6 is 0 Å². The Morgan fingerprint density at radius 3 is 1.42 bits per heavy atom. The number of aliphatic hydroxyl groups excluding tert-OH is 1. The lowest BCUT2D eigenvalue weighted by molar-refractivity contribution is -0.0308. The van der Waals surface area contributed by atoms with Crippen LogP contribution < -0.4 is 20.1 Å². The molecule has 0 aliphatic carbocycles. The second kappa shape index (κ2) is 16.2. The molecule has 0 amide bonds. The topological polar surface area (TPSA) is 116 Å². The Morgan fingerprint density at radius 1 is 0.629 bits per heavy atom. The minimum absolute atomic E-state index is 0.0917. The van der Waals surface area contributed by atoms with Gasteiger partial charge in [0.25, 0.3) is 0 Å². The number of imidazole rings is 1. The molecule has 62 heavy (non-hydrogen) atoms. The van der Waals surface area contributed by atoms with E-state index in [4.69, 9.17) is 29.2 Å². The predicted molar refractivity (Wildman–Crippen MR) is 239 cm³/mol. The summed E-state index contributed by atoms with van der Waals surface area (Å²) < 4.78 is 35.3. The maximum atomic E-state index is 16.6. The zero-order valence-electron chi connectivity index (χ0n) is 34.4. The maximum Gasteiger partial charge on any atom is 0.228 e. The highest BCUT2D eigenvalue weighted by molar-refractivity contribution is 5.86. The molecule has 1 aliphatic heterocycles. The number of aromatic nitrogens is 4. The molecular weight excluding hydrogens is 780 g/mol. The first-order valence-corrected chi connectivity index (χ1v) is 20.2. The van der Waals surface area contributed by atoms with Gasteiger partial charge in [0.15, 0.2) is 22.7 Å². The molecule has 310 valence electrons. The van der Waals surface area contributed by atoms with E-state index in [1.165, 1.54) is 17.8 Å². The molecular formula is C51H45FN6O4. The SMILES string of the molecule is C=C1O[C@@H](n2cnc3c(NC(c4ccccc4)(c4ccccc4)c4ccc(OC)cc4)nc(NC(c4ccccc4)(c4ccccc4)c4ccc(OC)cc4)nc32)[C@](C)(F)[C@@H]1O. The van der Waals surface area contributed by atoms with Crippen molar-refractivity contribution in [2.75, 3.05) is 24.9 Å². The molecule has 3 heterocycles. The van der Waals surface area contributed by atoms with Crippen LogP contribution in [-0.4, -0.2) is 50.6 Å². The van der Waals surface area contributed by atoms with Crippen LogP contribution in [0.25, 0.3) is 11.2 Å². The molecule has 0 radical (unpaired) electrons. The Hall–Kier alpha value is -7.50. The zero-order chi connectivity index (χ0) is 42.9. The quantitative estimate of drug-likeness (QED) is 0.0978. The molecule has 0 bridgehead atoms. The lowest BCUT2D eigenvalue weighted by atomic mass is 9.77. The van der Waals surface area contributed by atoms with Crippen LogP contribution in [0.3, 0.4) is 0 Å². The van der Waals surface area contributed by atoms with Crippen molar-refractivity contribution in [2.45, 2.75) is 36.0 Å². The second-order valence-electron chi connectivity index (χ2n) is 15.4. The summed E-state index contributed by atoms with van der Waals surface area (Å²) in [6.45, 7) is 5.09. The number of benzene rings is 6. The number of anilines is 2. The van der Waals surface area contributed by atoms with Crippen molar-refractivity contribution in [1.82, 2.24) is 19.5 Å². The summed E-state index contributed by atoms with van der Waals surface area (Å²) in [5, 5.41) is 18.6. The van der Waals surface area contributed by atoms with E-state index >= 15 is 4.39 Å². The molecule has 0 unspecified atom stereocenters. The molecule has 8 aromatic rings. The maximum absolute atomic E-state index is 16.6. The zero-order valence-corrected chi connectivity index (χ0v) is 34.4. The van der Waals surface area contributed by atoms with E-state index in [1.54, 1.807) is 14.2 Å². The van der Waals surface area contributed by atoms with E-state index in [0.717, 1.165) is 33.4 Å². The molecule has 1 saturated heterocycles. The number of fused-ring (bicyclic) bond motifs is 1.